The van der Waals surface area contributed by atoms with Crippen molar-refractivity contribution >= 4 is 0 Å². The maximum absolute atomic E-state index is 3.69. The second-order valence-corrected chi connectivity index (χ2v) is 8.82. The molecule has 0 fully saturated rings. The third-order valence-electron chi connectivity index (χ3n) is 4.68. The van der Waals surface area contributed by atoms with Crippen LogP contribution in [-0.2, 0) is 0 Å². The van der Waals surface area contributed by atoms with E-state index in [2.05, 4.69) is 77.5 Å². The van der Waals surface area contributed by atoms with Gasteiger partial charge in [0, 0.05) is 38.3 Å². The second kappa shape index (κ2) is 13.1. The quantitative estimate of drug-likeness (QED) is 0.480. The Kier molecular flexibility index (Phi) is 13.1. The van der Waals surface area contributed by atoms with E-state index in [1.165, 1.54) is 32.2 Å². The van der Waals surface area contributed by atoms with E-state index in [1.54, 1.807) is 0 Å². The first kappa shape index (κ1) is 23.9. The third kappa shape index (κ3) is 12.3. The highest BCUT2D eigenvalue weighted by Crippen LogP contribution is 2.12. The van der Waals surface area contributed by atoms with Crippen LogP contribution < -0.4 is 10.6 Å². The number of nitrogens with zero attached hydrogens (tertiary/aromatic N) is 1. The van der Waals surface area contributed by atoms with Crippen molar-refractivity contribution in [1.82, 2.24) is 15.5 Å². The predicted molar refractivity (Wildman–Crippen MR) is 109 cm³/mol. The van der Waals surface area contributed by atoms with E-state index in [0.29, 0.717) is 17.5 Å². The topological polar surface area (TPSA) is 27.3 Å². The maximum atomic E-state index is 3.69. The van der Waals surface area contributed by atoms with E-state index in [0.717, 1.165) is 25.6 Å². The molecule has 0 heterocycles. The van der Waals surface area contributed by atoms with Gasteiger partial charge in [0.05, 0.1) is 0 Å². The zero-order chi connectivity index (χ0) is 18.6. The van der Waals surface area contributed by atoms with Gasteiger partial charge >= 0.3 is 0 Å². The molecule has 0 aromatic rings. The molecular weight excluding hydrogens is 294 g/mol. The van der Waals surface area contributed by atoms with E-state index in [-0.39, 0.29) is 0 Å². The molecule has 1 radical (unpaired) electrons. The Bertz CT molecular complexity index is 279. The van der Waals surface area contributed by atoms with Gasteiger partial charge in [0.2, 0.25) is 0 Å². The van der Waals surface area contributed by atoms with Gasteiger partial charge < -0.3 is 10.6 Å². The van der Waals surface area contributed by atoms with Gasteiger partial charge in [-0.2, -0.15) is 0 Å². The SMILES string of the molecule is CCC(CC)N[CH]CN(CCC(C)C)C(CC)CNCC(C)(C)C. The monoisotopic (exact) mass is 340 g/mol. The summed E-state index contributed by atoms with van der Waals surface area (Å²) < 4.78 is 0. The lowest BCUT2D eigenvalue weighted by atomic mass is 9.97. The Morgan fingerprint density at radius 2 is 1.62 bits per heavy atom. The smallest absolute Gasteiger partial charge is 0.0364 e. The summed E-state index contributed by atoms with van der Waals surface area (Å²) in [6.07, 6.45) is 4.87. The molecule has 0 aliphatic heterocycles. The van der Waals surface area contributed by atoms with Crippen molar-refractivity contribution in [3.63, 3.8) is 0 Å². The van der Waals surface area contributed by atoms with Crippen molar-refractivity contribution in [1.29, 1.82) is 0 Å². The molecule has 0 aliphatic carbocycles. The Morgan fingerprint density at radius 3 is 2.08 bits per heavy atom. The fourth-order valence-corrected chi connectivity index (χ4v) is 2.85. The Balaban J connectivity index is 4.50. The van der Waals surface area contributed by atoms with Crippen LogP contribution in [0.3, 0.4) is 0 Å². The first-order valence-corrected chi connectivity index (χ1v) is 10.3. The van der Waals surface area contributed by atoms with Gasteiger partial charge in [-0.3, -0.25) is 4.90 Å². The maximum Gasteiger partial charge on any atom is 0.0364 e. The molecule has 0 aliphatic rings. The van der Waals surface area contributed by atoms with Crippen molar-refractivity contribution in [3.8, 4) is 0 Å². The number of hydrogen-bond acceptors (Lipinski definition) is 3. The third-order valence-corrected chi connectivity index (χ3v) is 4.68. The highest BCUT2D eigenvalue weighted by molar-refractivity contribution is 4.81. The minimum absolute atomic E-state index is 0.351. The predicted octanol–water partition coefficient (Wildman–Crippen LogP) is 4.69. The van der Waals surface area contributed by atoms with Crippen molar-refractivity contribution in [2.75, 3.05) is 26.2 Å². The average molecular weight is 341 g/mol. The van der Waals surface area contributed by atoms with Crippen LogP contribution in [0.2, 0.25) is 0 Å². The lowest BCUT2D eigenvalue weighted by Crippen LogP contribution is -2.46. The molecule has 1 atom stereocenters. The molecule has 0 aromatic heterocycles. The average Bonchev–Trinajstić information content (AvgIpc) is 2.50. The molecule has 24 heavy (non-hydrogen) atoms. The van der Waals surface area contributed by atoms with Crippen LogP contribution in [0.1, 0.15) is 81.1 Å². The zero-order valence-electron chi connectivity index (χ0n) is 17.9. The summed E-state index contributed by atoms with van der Waals surface area (Å²) in [4.78, 5) is 2.66. The Labute approximate surface area is 153 Å². The van der Waals surface area contributed by atoms with Crippen LogP contribution in [0.15, 0.2) is 0 Å². The Hall–Kier alpha value is -0.120. The van der Waals surface area contributed by atoms with E-state index in [1.807, 2.05) is 0 Å². The molecule has 3 nitrogen and oxygen atoms in total. The Morgan fingerprint density at radius 1 is 1.00 bits per heavy atom. The molecule has 0 amide bonds. The number of rotatable bonds is 14. The van der Waals surface area contributed by atoms with Crippen molar-refractivity contribution < 1.29 is 0 Å². The molecule has 0 bridgehead atoms. The summed E-state index contributed by atoms with van der Waals surface area (Å²) in [6, 6.07) is 1.24. The molecule has 0 rings (SSSR count). The first-order chi connectivity index (χ1) is 11.2. The molecule has 2 N–H and O–H groups in total. The number of nitrogens with one attached hydrogen (secondary N) is 2. The van der Waals surface area contributed by atoms with Gasteiger partial charge in [-0.05, 0) is 43.6 Å². The van der Waals surface area contributed by atoms with Crippen LogP contribution in [0.25, 0.3) is 0 Å². The molecule has 145 valence electrons. The first-order valence-electron chi connectivity index (χ1n) is 10.3. The van der Waals surface area contributed by atoms with Gasteiger partial charge in [0.25, 0.3) is 0 Å². The molecule has 1 unspecified atom stereocenters. The molecule has 0 spiro atoms. The van der Waals surface area contributed by atoms with Crippen LogP contribution in [-0.4, -0.2) is 43.2 Å². The van der Waals surface area contributed by atoms with Crippen molar-refractivity contribution in [2.45, 2.75) is 93.2 Å². The van der Waals surface area contributed by atoms with Crippen LogP contribution in [0.5, 0.6) is 0 Å². The van der Waals surface area contributed by atoms with E-state index < -0.39 is 0 Å². The molecule has 0 saturated carbocycles. The molecule has 0 saturated heterocycles. The van der Waals surface area contributed by atoms with Crippen LogP contribution in [0, 0.1) is 17.9 Å². The summed E-state index contributed by atoms with van der Waals surface area (Å²) in [5, 5.41) is 7.30. The largest absolute Gasteiger partial charge is 0.315 e. The summed E-state index contributed by atoms with van der Waals surface area (Å²) in [5.41, 5.74) is 0.351. The van der Waals surface area contributed by atoms with Crippen LogP contribution in [0.4, 0.5) is 0 Å². The van der Waals surface area contributed by atoms with Gasteiger partial charge in [-0.25, -0.2) is 0 Å². The molecule has 0 aromatic carbocycles. The summed E-state index contributed by atoms with van der Waals surface area (Å²) in [7, 11) is 0. The lowest BCUT2D eigenvalue weighted by Gasteiger charge is -2.33. The van der Waals surface area contributed by atoms with Crippen molar-refractivity contribution in [3.05, 3.63) is 6.54 Å². The fourth-order valence-electron chi connectivity index (χ4n) is 2.85. The zero-order valence-corrected chi connectivity index (χ0v) is 17.9. The highest BCUT2D eigenvalue weighted by atomic mass is 15.2. The van der Waals surface area contributed by atoms with Gasteiger partial charge in [-0.15, -0.1) is 0 Å². The summed E-state index contributed by atoms with van der Waals surface area (Å²) >= 11 is 0. The molecular formula is C21H46N3. The van der Waals surface area contributed by atoms with E-state index >= 15 is 0 Å². The van der Waals surface area contributed by atoms with E-state index in [4.69, 9.17) is 0 Å². The summed E-state index contributed by atoms with van der Waals surface area (Å²) in [6.45, 7) is 25.1. The highest BCUT2D eigenvalue weighted by Gasteiger charge is 2.18. The van der Waals surface area contributed by atoms with E-state index in [9.17, 15) is 0 Å². The van der Waals surface area contributed by atoms with Gasteiger partial charge in [-0.1, -0.05) is 55.4 Å². The standard InChI is InChI=1S/C21H46N3/c1-9-19(10-2)23-13-15-24(14-12-18(4)5)20(11-3)16-22-17-21(6,7)8/h13,18-20,22-23H,9-12,14-17H2,1-8H3. The second-order valence-electron chi connectivity index (χ2n) is 8.82. The minimum atomic E-state index is 0.351. The van der Waals surface area contributed by atoms with Crippen molar-refractivity contribution in [2.24, 2.45) is 11.3 Å². The van der Waals surface area contributed by atoms with Gasteiger partial charge in [0.1, 0.15) is 0 Å². The normalized spacial score (nSPS) is 14.1. The fraction of sp³-hybridized carbons (Fsp3) is 0.952. The summed E-state index contributed by atoms with van der Waals surface area (Å²) in [5.74, 6) is 0.763. The minimum Gasteiger partial charge on any atom is -0.315 e. The molecule has 3 heteroatoms. The number of hydrogen-bond donors (Lipinski definition) is 2. The van der Waals surface area contributed by atoms with Gasteiger partial charge in [0.15, 0.2) is 0 Å². The lowest BCUT2D eigenvalue weighted by molar-refractivity contribution is 0.182. The van der Waals surface area contributed by atoms with Crippen LogP contribution >= 0.6 is 0 Å².